The molecule has 1 atom stereocenters. The summed E-state index contributed by atoms with van der Waals surface area (Å²) < 4.78 is 38.5. The number of sulfone groups is 1. The van der Waals surface area contributed by atoms with Crippen molar-refractivity contribution >= 4 is 33.0 Å². The normalized spacial score (nSPS) is 15.1. The van der Waals surface area contributed by atoms with Gasteiger partial charge in [0.2, 0.25) is 5.91 Å². The highest BCUT2D eigenvalue weighted by Gasteiger charge is 2.30. The fraction of sp³-hybridized carbons (Fsp3) is 0.200. The molecule has 1 unspecified atom stereocenters. The van der Waals surface area contributed by atoms with E-state index >= 15 is 0 Å². The summed E-state index contributed by atoms with van der Waals surface area (Å²) in [6.07, 6.45) is 0.696. The minimum atomic E-state index is -3.70. The van der Waals surface area contributed by atoms with E-state index in [-0.39, 0.29) is 11.7 Å². The van der Waals surface area contributed by atoms with Gasteiger partial charge >= 0.3 is 0 Å². The minimum Gasteiger partial charge on any atom is -0.371 e. The number of rotatable bonds is 8. The van der Waals surface area contributed by atoms with Crippen LogP contribution in [0.3, 0.4) is 0 Å². The molecule has 9 heteroatoms. The van der Waals surface area contributed by atoms with Crippen LogP contribution >= 0.6 is 0 Å². The van der Waals surface area contributed by atoms with E-state index in [0.717, 1.165) is 11.6 Å². The van der Waals surface area contributed by atoms with Crippen LogP contribution in [0.5, 0.6) is 0 Å². The summed E-state index contributed by atoms with van der Waals surface area (Å²) in [6.45, 7) is 0.468. The van der Waals surface area contributed by atoms with E-state index in [0.29, 0.717) is 35.5 Å². The first-order chi connectivity index (χ1) is 16.3. The second-order valence-electron chi connectivity index (χ2n) is 8.12. The smallest absolute Gasteiger partial charge is 0.251 e. The number of amides is 2. The van der Waals surface area contributed by atoms with Gasteiger partial charge in [-0.3, -0.25) is 9.59 Å². The van der Waals surface area contributed by atoms with Crippen LogP contribution < -0.4 is 16.0 Å². The molecule has 0 bridgehead atoms. The number of hydrogen-bond donors (Lipinski definition) is 3. The van der Waals surface area contributed by atoms with Crippen LogP contribution in [0.2, 0.25) is 0 Å². The van der Waals surface area contributed by atoms with Crippen LogP contribution in [-0.2, 0) is 26.8 Å². The van der Waals surface area contributed by atoms with Gasteiger partial charge in [0.05, 0.1) is 22.9 Å². The number of halogens is 1. The van der Waals surface area contributed by atoms with Crippen molar-refractivity contribution in [3.8, 4) is 0 Å². The fourth-order valence-corrected chi connectivity index (χ4v) is 5.31. The molecular formula is C25H24FN3O4S. The maximum absolute atomic E-state index is 13.4. The van der Waals surface area contributed by atoms with Crippen molar-refractivity contribution in [2.45, 2.75) is 18.2 Å². The van der Waals surface area contributed by atoms with Crippen LogP contribution in [0, 0.1) is 5.82 Å². The summed E-state index contributed by atoms with van der Waals surface area (Å²) in [6, 6.07) is 18.9. The lowest BCUT2D eigenvalue weighted by Crippen LogP contribution is -2.43. The number of nitrogens with one attached hydrogen (secondary N) is 3. The molecule has 0 saturated heterocycles. The number of carbonyl (C=O) groups excluding carboxylic acids is 2. The average Bonchev–Trinajstić information content (AvgIpc) is 2.79. The zero-order chi connectivity index (χ0) is 24.1. The quantitative estimate of drug-likeness (QED) is 0.459. The third kappa shape index (κ3) is 5.99. The van der Waals surface area contributed by atoms with Crippen molar-refractivity contribution in [3.63, 3.8) is 0 Å². The molecule has 176 valence electrons. The van der Waals surface area contributed by atoms with E-state index < -0.39 is 33.4 Å². The zero-order valence-corrected chi connectivity index (χ0v) is 19.1. The molecule has 1 aliphatic heterocycles. The highest BCUT2D eigenvalue weighted by Crippen LogP contribution is 2.28. The van der Waals surface area contributed by atoms with Gasteiger partial charge in [0.15, 0.2) is 9.84 Å². The first-order valence-electron chi connectivity index (χ1n) is 10.8. The Morgan fingerprint density at radius 2 is 1.71 bits per heavy atom. The van der Waals surface area contributed by atoms with Crippen LogP contribution in [0.1, 0.15) is 21.5 Å². The van der Waals surface area contributed by atoms with Gasteiger partial charge in [0.25, 0.3) is 5.91 Å². The lowest BCUT2D eigenvalue weighted by Gasteiger charge is -2.27. The van der Waals surface area contributed by atoms with Gasteiger partial charge in [-0.05, 0) is 47.9 Å². The minimum absolute atomic E-state index is 0.271. The molecule has 4 rings (SSSR count). The third-order valence-corrected chi connectivity index (χ3v) is 7.04. The molecule has 3 aromatic rings. The zero-order valence-electron chi connectivity index (χ0n) is 18.3. The van der Waals surface area contributed by atoms with Crippen molar-refractivity contribution in [2.24, 2.45) is 0 Å². The average molecular weight is 482 g/mol. The number of benzene rings is 3. The lowest BCUT2D eigenvalue weighted by molar-refractivity contribution is -0.116. The van der Waals surface area contributed by atoms with Crippen LogP contribution in [0.15, 0.2) is 72.8 Å². The Bertz CT molecular complexity index is 1310. The van der Waals surface area contributed by atoms with Crippen molar-refractivity contribution in [1.29, 1.82) is 0 Å². The van der Waals surface area contributed by atoms with Gasteiger partial charge in [-0.2, -0.15) is 0 Å². The molecule has 0 saturated carbocycles. The Kier molecular flexibility index (Phi) is 6.93. The standard InChI is InChI=1S/C25H24FN3O4S/c26-20-8-4-7-18(13-20)15-34(32,33)16-23-25(31)29-22-14-19(9-10-21(22)28-23)24(30)27-12-11-17-5-2-1-3-6-17/h1-10,13-14,23,28H,11-12,15-16H2,(H,27,30)(H,29,31). The summed E-state index contributed by atoms with van der Waals surface area (Å²) >= 11 is 0. The van der Waals surface area contributed by atoms with Crippen LogP contribution in [0.25, 0.3) is 0 Å². The van der Waals surface area contributed by atoms with E-state index in [9.17, 15) is 22.4 Å². The van der Waals surface area contributed by atoms with E-state index in [1.807, 2.05) is 30.3 Å². The summed E-state index contributed by atoms with van der Waals surface area (Å²) in [7, 11) is -3.70. The van der Waals surface area contributed by atoms with Gasteiger partial charge in [0, 0.05) is 12.1 Å². The Labute approximate surface area is 197 Å². The Morgan fingerprint density at radius 1 is 0.941 bits per heavy atom. The molecule has 7 nitrogen and oxygen atoms in total. The van der Waals surface area contributed by atoms with Gasteiger partial charge in [-0.15, -0.1) is 0 Å². The van der Waals surface area contributed by atoms with E-state index in [2.05, 4.69) is 16.0 Å². The summed E-state index contributed by atoms with van der Waals surface area (Å²) in [5.74, 6) is -2.12. The first kappa shape index (κ1) is 23.4. The predicted molar refractivity (Wildman–Crippen MR) is 129 cm³/mol. The van der Waals surface area contributed by atoms with Crippen LogP contribution in [-0.4, -0.2) is 38.6 Å². The molecule has 2 amide bonds. The topological polar surface area (TPSA) is 104 Å². The largest absolute Gasteiger partial charge is 0.371 e. The number of hydrogen-bond acceptors (Lipinski definition) is 5. The monoisotopic (exact) mass is 481 g/mol. The molecule has 0 radical (unpaired) electrons. The van der Waals surface area contributed by atoms with Crippen molar-refractivity contribution in [3.05, 3.63) is 95.3 Å². The highest BCUT2D eigenvalue weighted by molar-refractivity contribution is 7.90. The molecule has 1 heterocycles. The Hall–Kier alpha value is -3.72. The van der Waals surface area contributed by atoms with Crippen LogP contribution in [0.4, 0.5) is 15.8 Å². The lowest BCUT2D eigenvalue weighted by atomic mass is 10.1. The summed E-state index contributed by atoms with van der Waals surface area (Å²) in [5, 5.41) is 8.47. The Balaban J connectivity index is 1.37. The molecule has 0 aromatic heterocycles. The number of fused-ring (bicyclic) bond motifs is 1. The highest BCUT2D eigenvalue weighted by atomic mass is 32.2. The summed E-state index contributed by atoms with van der Waals surface area (Å²) in [5.41, 5.74) is 2.74. The van der Waals surface area contributed by atoms with Gasteiger partial charge in [-0.1, -0.05) is 42.5 Å². The molecule has 34 heavy (non-hydrogen) atoms. The maximum Gasteiger partial charge on any atom is 0.251 e. The fourth-order valence-electron chi connectivity index (χ4n) is 3.77. The second kappa shape index (κ2) is 10.0. The molecule has 3 aromatic carbocycles. The third-order valence-electron chi connectivity index (χ3n) is 5.42. The van der Waals surface area contributed by atoms with Crippen molar-refractivity contribution < 1.29 is 22.4 Å². The van der Waals surface area contributed by atoms with Crippen molar-refractivity contribution in [2.75, 3.05) is 22.9 Å². The van der Waals surface area contributed by atoms with E-state index in [1.54, 1.807) is 18.2 Å². The molecule has 0 aliphatic carbocycles. The molecular weight excluding hydrogens is 457 g/mol. The van der Waals surface area contributed by atoms with E-state index in [1.165, 1.54) is 18.2 Å². The molecule has 0 spiro atoms. The molecule has 1 aliphatic rings. The van der Waals surface area contributed by atoms with E-state index in [4.69, 9.17) is 0 Å². The summed E-state index contributed by atoms with van der Waals surface area (Å²) in [4.78, 5) is 25.1. The first-order valence-corrected chi connectivity index (χ1v) is 12.6. The van der Waals surface area contributed by atoms with Gasteiger partial charge in [0.1, 0.15) is 11.9 Å². The van der Waals surface area contributed by atoms with Crippen molar-refractivity contribution in [1.82, 2.24) is 5.32 Å². The SMILES string of the molecule is O=C(NCCc1ccccc1)c1ccc2c(c1)NC(=O)C(CS(=O)(=O)Cc1cccc(F)c1)N2. The maximum atomic E-state index is 13.4. The number of anilines is 2. The Morgan fingerprint density at radius 3 is 2.47 bits per heavy atom. The molecule has 0 fully saturated rings. The second-order valence-corrected chi connectivity index (χ2v) is 10.2. The van der Waals surface area contributed by atoms with Gasteiger partial charge < -0.3 is 16.0 Å². The molecule has 3 N–H and O–H groups in total. The predicted octanol–water partition coefficient (Wildman–Crippen LogP) is 3.15. The number of carbonyl (C=O) groups is 2. The van der Waals surface area contributed by atoms with Gasteiger partial charge in [-0.25, -0.2) is 12.8 Å².